The summed E-state index contributed by atoms with van der Waals surface area (Å²) in [6, 6.07) is 0. The van der Waals surface area contributed by atoms with Gasteiger partial charge in [-0.05, 0) is 0 Å². The van der Waals surface area contributed by atoms with Gasteiger partial charge in [-0.3, -0.25) is 0 Å². The third-order valence-electron chi connectivity index (χ3n) is 3.47. The SMILES string of the molecule is CCCCOC1(OC2=[C]([Ti+2])CC=C2)CC=CC=C1C.[Cl-].[Cl-]. The van der Waals surface area contributed by atoms with Crippen molar-refractivity contribution >= 4 is 0 Å². The van der Waals surface area contributed by atoms with Crippen LogP contribution >= 0.6 is 0 Å². The van der Waals surface area contributed by atoms with Crippen molar-refractivity contribution in [3.63, 3.8) is 0 Å². The van der Waals surface area contributed by atoms with Crippen LogP contribution in [0.2, 0.25) is 0 Å². The van der Waals surface area contributed by atoms with Crippen molar-refractivity contribution in [2.75, 3.05) is 6.61 Å². The predicted octanol–water partition coefficient (Wildman–Crippen LogP) is -1.85. The minimum absolute atomic E-state index is 0. The van der Waals surface area contributed by atoms with Crippen molar-refractivity contribution in [3.05, 3.63) is 45.6 Å². The number of allylic oxidation sites excluding steroid dienone is 5. The Morgan fingerprint density at radius 1 is 1.29 bits per heavy atom. The van der Waals surface area contributed by atoms with Gasteiger partial charge in [-0.1, -0.05) is 0 Å². The van der Waals surface area contributed by atoms with Gasteiger partial charge in [0.1, 0.15) is 0 Å². The Balaban J connectivity index is 0.00000200. The van der Waals surface area contributed by atoms with Gasteiger partial charge < -0.3 is 24.8 Å². The van der Waals surface area contributed by atoms with E-state index in [0.717, 1.165) is 43.6 Å². The fourth-order valence-corrected chi connectivity index (χ4v) is 2.58. The van der Waals surface area contributed by atoms with Crippen LogP contribution in [0.5, 0.6) is 0 Å². The molecule has 0 amide bonds. The largest absolute Gasteiger partial charge is 1.00 e. The average molecular weight is 364 g/mol. The smallest absolute Gasteiger partial charge is 1.00 e. The molecular weight excluding hydrogens is 343 g/mol. The summed E-state index contributed by atoms with van der Waals surface area (Å²) in [5.41, 5.74) is 1.15. The molecule has 1 atom stereocenters. The summed E-state index contributed by atoms with van der Waals surface area (Å²) in [6.07, 6.45) is 14.5. The minimum Gasteiger partial charge on any atom is -1.00 e. The molecule has 21 heavy (non-hydrogen) atoms. The topological polar surface area (TPSA) is 18.5 Å². The van der Waals surface area contributed by atoms with Crippen LogP contribution in [0.25, 0.3) is 0 Å². The van der Waals surface area contributed by atoms with Gasteiger partial charge in [0.2, 0.25) is 0 Å². The zero-order valence-corrected chi connectivity index (χ0v) is 15.6. The summed E-state index contributed by atoms with van der Waals surface area (Å²) in [7, 11) is 0. The van der Waals surface area contributed by atoms with Crippen LogP contribution < -0.4 is 24.8 Å². The Morgan fingerprint density at radius 2 is 2.05 bits per heavy atom. The van der Waals surface area contributed by atoms with Crippen LogP contribution in [0.3, 0.4) is 0 Å². The monoisotopic (exact) mass is 363 g/mol. The Morgan fingerprint density at radius 3 is 2.62 bits per heavy atom. The second-order valence-electron chi connectivity index (χ2n) is 4.99. The first kappa shape index (κ1) is 21.0. The zero-order chi connectivity index (χ0) is 13.7. The maximum atomic E-state index is 6.26. The van der Waals surface area contributed by atoms with E-state index >= 15 is 0 Å². The summed E-state index contributed by atoms with van der Waals surface area (Å²) >= 11 is 2.12. The summed E-state index contributed by atoms with van der Waals surface area (Å²) < 4.78 is 13.7. The molecule has 0 saturated heterocycles. The standard InChI is InChI=1S/C16H21O2.2ClH.Ti/c1-3-4-13-17-16(12-8-7-9-14(16)2)18-15-10-5-6-11-15;;;/h5,7-10H,3-4,6,12-13H2,1-2H3;2*1H;/q;;;+2/p-2. The van der Waals surface area contributed by atoms with Crippen LogP contribution in [0.1, 0.15) is 39.5 Å². The van der Waals surface area contributed by atoms with Crippen LogP contribution in [0, 0.1) is 0 Å². The van der Waals surface area contributed by atoms with Crippen molar-refractivity contribution in [2.45, 2.75) is 45.3 Å². The molecule has 0 bridgehead atoms. The van der Waals surface area contributed by atoms with Crippen LogP contribution in [0.15, 0.2) is 45.6 Å². The predicted molar refractivity (Wildman–Crippen MR) is 73.0 cm³/mol. The molecule has 0 radical (unpaired) electrons. The minimum atomic E-state index is -0.602. The second-order valence-corrected chi connectivity index (χ2v) is 5.93. The molecule has 2 aliphatic rings. The van der Waals surface area contributed by atoms with E-state index in [4.69, 9.17) is 9.47 Å². The van der Waals surface area contributed by atoms with Gasteiger partial charge in [0.25, 0.3) is 0 Å². The van der Waals surface area contributed by atoms with Crippen LogP contribution in [-0.4, -0.2) is 12.4 Å². The summed E-state index contributed by atoms with van der Waals surface area (Å²) in [4.78, 5) is 0. The van der Waals surface area contributed by atoms with E-state index in [0.29, 0.717) is 0 Å². The summed E-state index contributed by atoms with van der Waals surface area (Å²) in [5.74, 6) is 0.370. The number of hydrogen-bond acceptors (Lipinski definition) is 2. The molecule has 0 saturated carbocycles. The molecule has 5 heteroatoms. The van der Waals surface area contributed by atoms with E-state index in [1.165, 1.54) is 3.88 Å². The first-order valence-electron chi connectivity index (χ1n) is 6.96. The molecule has 0 heterocycles. The molecule has 0 fully saturated rings. The Hall–Kier alpha value is 0.0143. The molecule has 2 aliphatic carbocycles. The van der Waals surface area contributed by atoms with Gasteiger partial charge >= 0.3 is 127 Å². The Labute approximate surface area is 152 Å². The molecule has 0 aromatic carbocycles. The fourth-order valence-electron chi connectivity index (χ4n) is 2.19. The Kier molecular flexibility index (Phi) is 9.92. The van der Waals surface area contributed by atoms with E-state index < -0.39 is 5.79 Å². The third-order valence-corrected chi connectivity index (χ3v) is 4.17. The molecular formula is C16H21Cl2O2Ti. The summed E-state index contributed by atoms with van der Waals surface area (Å²) in [6.45, 7) is 5.00. The molecule has 2 rings (SSSR count). The van der Waals surface area contributed by atoms with Gasteiger partial charge in [-0.2, -0.15) is 0 Å². The van der Waals surface area contributed by atoms with E-state index in [1.54, 1.807) is 0 Å². The molecule has 0 spiro atoms. The zero-order valence-electron chi connectivity index (χ0n) is 12.5. The van der Waals surface area contributed by atoms with Crippen molar-refractivity contribution < 1.29 is 54.7 Å². The van der Waals surface area contributed by atoms with E-state index in [9.17, 15) is 0 Å². The number of ether oxygens (including phenoxy) is 2. The van der Waals surface area contributed by atoms with Gasteiger partial charge in [-0.15, -0.1) is 0 Å². The van der Waals surface area contributed by atoms with Crippen molar-refractivity contribution in [1.29, 1.82) is 0 Å². The first-order chi connectivity index (χ1) is 9.18. The van der Waals surface area contributed by atoms with Crippen LogP contribution in [-0.2, 0) is 29.9 Å². The maximum absolute atomic E-state index is 6.26. The quantitative estimate of drug-likeness (QED) is 0.313. The molecule has 0 aromatic rings. The van der Waals surface area contributed by atoms with Gasteiger partial charge in [0, 0.05) is 0 Å². The number of unbranched alkanes of at least 4 members (excludes halogenated alkanes) is 1. The third kappa shape index (κ3) is 5.30. The molecule has 0 aliphatic heterocycles. The van der Waals surface area contributed by atoms with Crippen LogP contribution in [0.4, 0.5) is 0 Å². The van der Waals surface area contributed by atoms with Gasteiger partial charge in [0.05, 0.1) is 0 Å². The number of hydrogen-bond donors (Lipinski definition) is 0. The van der Waals surface area contributed by atoms with Crippen molar-refractivity contribution in [1.82, 2.24) is 0 Å². The van der Waals surface area contributed by atoms with Crippen molar-refractivity contribution in [3.8, 4) is 0 Å². The average Bonchev–Trinajstić information content (AvgIpc) is 2.79. The van der Waals surface area contributed by atoms with Crippen molar-refractivity contribution in [2.24, 2.45) is 0 Å². The van der Waals surface area contributed by atoms with Gasteiger partial charge in [0.15, 0.2) is 0 Å². The molecule has 115 valence electrons. The van der Waals surface area contributed by atoms with E-state index in [1.807, 2.05) is 0 Å². The molecule has 2 nitrogen and oxygen atoms in total. The normalized spacial score (nSPS) is 23.5. The second kappa shape index (κ2) is 9.92. The molecule has 0 aromatic heterocycles. The maximum Gasteiger partial charge on any atom is -1.00 e. The molecule has 1 unspecified atom stereocenters. The molecule has 0 N–H and O–H groups in total. The number of halogens is 2. The summed E-state index contributed by atoms with van der Waals surface area (Å²) in [5, 5.41) is 0. The first-order valence-corrected chi connectivity index (χ1v) is 7.74. The van der Waals surface area contributed by atoms with Gasteiger partial charge in [-0.25, -0.2) is 0 Å². The van der Waals surface area contributed by atoms with E-state index in [2.05, 4.69) is 64.7 Å². The number of rotatable bonds is 6. The fraction of sp³-hybridized carbons (Fsp3) is 0.500. The Bertz CT molecular complexity index is 455. The van der Waals surface area contributed by atoms with E-state index in [-0.39, 0.29) is 24.8 Å².